The predicted molar refractivity (Wildman–Crippen MR) is 123 cm³/mol. The van der Waals surface area contributed by atoms with Crippen LogP contribution in [0, 0.1) is 11.8 Å². The number of methoxy groups -OCH3 is 1. The van der Waals surface area contributed by atoms with Gasteiger partial charge in [-0.3, -0.25) is 14.4 Å². The number of hydrogen-bond donors (Lipinski definition) is 1. The Balaban J connectivity index is 2.74. The van der Waals surface area contributed by atoms with E-state index in [0.717, 1.165) is 5.56 Å². The van der Waals surface area contributed by atoms with Gasteiger partial charge < -0.3 is 19.5 Å². The highest BCUT2D eigenvalue weighted by molar-refractivity contribution is 5.88. The molecule has 184 valence electrons. The second kappa shape index (κ2) is 13.6. The van der Waals surface area contributed by atoms with Crippen molar-refractivity contribution in [1.82, 2.24) is 5.32 Å². The van der Waals surface area contributed by atoms with E-state index < -0.39 is 41.4 Å². The Morgan fingerprint density at radius 1 is 1.03 bits per heavy atom. The number of ether oxygens (including phenoxy) is 3. The number of nitrogens with one attached hydrogen (secondary N) is 1. The molecule has 0 saturated carbocycles. The molecule has 1 rings (SSSR count). The summed E-state index contributed by atoms with van der Waals surface area (Å²) in [6.07, 6.45) is 0.499. The Morgan fingerprint density at radius 3 is 2.21 bits per heavy atom. The maximum Gasteiger partial charge on any atom is 0.328 e. The molecule has 8 heteroatoms. The first-order valence-corrected chi connectivity index (χ1v) is 11.3. The summed E-state index contributed by atoms with van der Waals surface area (Å²) in [4.78, 5) is 49.7. The minimum Gasteiger partial charge on any atom is -0.467 e. The minimum atomic E-state index is -1.03. The summed E-state index contributed by atoms with van der Waals surface area (Å²) < 4.78 is 15.4. The van der Waals surface area contributed by atoms with Crippen molar-refractivity contribution in [3.05, 3.63) is 35.9 Å². The van der Waals surface area contributed by atoms with Crippen LogP contribution in [0.2, 0.25) is 0 Å². The summed E-state index contributed by atoms with van der Waals surface area (Å²) >= 11 is 0. The smallest absolute Gasteiger partial charge is 0.328 e. The molecule has 0 aliphatic heterocycles. The van der Waals surface area contributed by atoms with Gasteiger partial charge in [-0.2, -0.15) is 0 Å². The van der Waals surface area contributed by atoms with Gasteiger partial charge in [0.15, 0.2) is 0 Å². The van der Waals surface area contributed by atoms with Gasteiger partial charge in [0.2, 0.25) is 5.91 Å². The number of rotatable bonds is 12. The lowest BCUT2D eigenvalue weighted by Gasteiger charge is -2.26. The van der Waals surface area contributed by atoms with Crippen LogP contribution in [0.3, 0.4) is 0 Å². The Kier molecular flexibility index (Phi) is 11.6. The fourth-order valence-electron chi connectivity index (χ4n) is 3.14. The van der Waals surface area contributed by atoms with Crippen LogP contribution in [0.1, 0.15) is 65.9 Å². The lowest BCUT2D eigenvalue weighted by molar-refractivity contribution is -0.158. The van der Waals surface area contributed by atoms with Crippen LogP contribution >= 0.6 is 0 Å². The van der Waals surface area contributed by atoms with Crippen LogP contribution in [0.4, 0.5) is 0 Å². The molecule has 0 bridgehead atoms. The molecule has 33 heavy (non-hydrogen) atoms. The molecule has 3 atom stereocenters. The summed E-state index contributed by atoms with van der Waals surface area (Å²) in [6, 6.07) is 8.20. The third kappa shape index (κ3) is 11.0. The van der Waals surface area contributed by atoms with Crippen molar-refractivity contribution < 1.29 is 33.4 Å². The molecule has 0 spiro atoms. The normalized spacial score (nSPS) is 13.9. The van der Waals surface area contributed by atoms with Crippen LogP contribution in [0.15, 0.2) is 30.3 Å². The van der Waals surface area contributed by atoms with E-state index in [2.05, 4.69) is 5.32 Å². The van der Waals surface area contributed by atoms with Gasteiger partial charge >= 0.3 is 17.9 Å². The van der Waals surface area contributed by atoms with E-state index in [1.807, 2.05) is 44.2 Å². The van der Waals surface area contributed by atoms with Crippen molar-refractivity contribution in [2.24, 2.45) is 11.8 Å². The van der Waals surface area contributed by atoms with E-state index in [0.29, 0.717) is 6.42 Å². The molecule has 0 fully saturated rings. The maximum atomic E-state index is 13.0. The third-order valence-electron chi connectivity index (χ3n) is 5.16. The van der Waals surface area contributed by atoms with E-state index in [9.17, 15) is 19.2 Å². The van der Waals surface area contributed by atoms with Crippen LogP contribution in [0.5, 0.6) is 0 Å². The molecule has 1 amide bonds. The zero-order valence-corrected chi connectivity index (χ0v) is 20.5. The number of hydrogen-bond acceptors (Lipinski definition) is 7. The molecular formula is C25H37NO7. The van der Waals surface area contributed by atoms with Gasteiger partial charge in [-0.25, -0.2) is 4.79 Å². The molecule has 8 nitrogen and oxygen atoms in total. The monoisotopic (exact) mass is 463 g/mol. The van der Waals surface area contributed by atoms with Crippen LogP contribution in [-0.2, 0) is 40.0 Å². The van der Waals surface area contributed by atoms with Crippen molar-refractivity contribution in [1.29, 1.82) is 0 Å². The van der Waals surface area contributed by atoms with E-state index in [-0.39, 0.29) is 31.8 Å². The highest BCUT2D eigenvalue weighted by atomic mass is 16.6. The van der Waals surface area contributed by atoms with Crippen LogP contribution in [0.25, 0.3) is 0 Å². The second-order valence-corrected chi connectivity index (χ2v) is 9.05. The van der Waals surface area contributed by atoms with Crippen molar-refractivity contribution in [2.75, 3.05) is 7.11 Å². The van der Waals surface area contributed by atoms with Gasteiger partial charge in [0, 0.05) is 6.42 Å². The highest BCUT2D eigenvalue weighted by Crippen LogP contribution is 2.22. The van der Waals surface area contributed by atoms with Crippen molar-refractivity contribution in [3.8, 4) is 0 Å². The number of benzene rings is 1. The number of amides is 1. The van der Waals surface area contributed by atoms with Crippen molar-refractivity contribution in [2.45, 2.75) is 78.6 Å². The molecule has 0 saturated heterocycles. The maximum absolute atomic E-state index is 13.0. The Bertz CT molecular complexity index is 786. The first kappa shape index (κ1) is 28.1. The number of carbonyl (C=O) groups is 4. The van der Waals surface area contributed by atoms with Gasteiger partial charge in [0.25, 0.3) is 0 Å². The minimum absolute atomic E-state index is 0.0195. The third-order valence-corrected chi connectivity index (χ3v) is 5.16. The molecule has 1 N–H and O–H groups in total. The fraction of sp³-hybridized carbons (Fsp3) is 0.600. The highest BCUT2D eigenvalue weighted by Gasteiger charge is 2.32. The van der Waals surface area contributed by atoms with E-state index in [1.165, 1.54) is 7.11 Å². The van der Waals surface area contributed by atoms with Gasteiger partial charge in [-0.1, -0.05) is 50.6 Å². The topological polar surface area (TPSA) is 108 Å². The lowest BCUT2D eigenvalue weighted by Crippen LogP contribution is -2.46. The first-order chi connectivity index (χ1) is 15.5. The second-order valence-electron chi connectivity index (χ2n) is 9.05. The van der Waals surface area contributed by atoms with E-state index in [1.54, 1.807) is 20.8 Å². The molecule has 0 aliphatic rings. The molecule has 1 aromatic rings. The summed E-state index contributed by atoms with van der Waals surface area (Å²) in [6.45, 7) is 9.18. The molecule has 0 aromatic heterocycles. The van der Waals surface area contributed by atoms with Gasteiger partial charge in [-0.05, 0) is 38.7 Å². The molecule has 1 unspecified atom stereocenters. The molecule has 1 aromatic carbocycles. The summed E-state index contributed by atoms with van der Waals surface area (Å²) in [7, 11) is 1.21. The molecular weight excluding hydrogens is 426 g/mol. The SMILES string of the molecule is CCC(C)[C@H](CC(=O)OC(C)(C)C)C(=O)N[C@H](CCC(=O)OCc1ccccc1)C(=O)OC. The Morgan fingerprint density at radius 2 is 1.67 bits per heavy atom. The quantitative estimate of drug-likeness (QED) is 0.373. The molecule has 0 radical (unpaired) electrons. The van der Waals surface area contributed by atoms with Crippen molar-refractivity contribution in [3.63, 3.8) is 0 Å². The van der Waals surface area contributed by atoms with E-state index >= 15 is 0 Å². The average Bonchev–Trinajstić information content (AvgIpc) is 2.77. The first-order valence-electron chi connectivity index (χ1n) is 11.3. The fourth-order valence-corrected chi connectivity index (χ4v) is 3.14. The lowest BCUT2D eigenvalue weighted by atomic mass is 9.87. The van der Waals surface area contributed by atoms with Crippen LogP contribution < -0.4 is 5.32 Å². The Labute approximate surface area is 196 Å². The largest absolute Gasteiger partial charge is 0.467 e. The summed E-state index contributed by atoms with van der Waals surface area (Å²) in [5, 5.41) is 2.65. The summed E-state index contributed by atoms with van der Waals surface area (Å²) in [5.74, 6) is -2.90. The van der Waals surface area contributed by atoms with Gasteiger partial charge in [-0.15, -0.1) is 0 Å². The predicted octanol–water partition coefficient (Wildman–Crippen LogP) is 3.56. The van der Waals surface area contributed by atoms with Gasteiger partial charge in [0.1, 0.15) is 18.2 Å². The van der Waals surface area contributed by atoms with Crippen LogP contribution in [-0.4, -0.2) is 42.6 Å². The zero-order chi connectivity index (χ0) is 25.0. The molecule has 0 heterocycles. The number of esters is 3. The van der Waals surface area contributed by atoms with E-state index in [4.69, 9.17) is 14.2 Å². The van der Waals surface area contributed by atoms with Gasteiger partial charge in [0.05, 0.1) is 19.4 Å². The number of carbonyl (C=O) groups excluding carboxylic acids is 4. The summed E-state index contributed by atoms with van der Waals surface area (Å²) in [5.41, 5.74) is 0.185. The average molecular weight is 464 g/mol. The molecule has 0 aliphatic carbocycles. The standard InChI is InChI=1S/C25H37NO7/c1-7-17(2)19(15-22(28)33-25(3,4)5)23(29)26-20(24(30)31-6)13-14-21(27)32-16-18-11-9-8-10-12-18/h8-12,17,19-20H,7,13-16H2,1-6H3,(H,26,29)/t17?,19-,20+/m0/s1. The zero-order valence-electron chi connectivity index (χ0n) is 20.5. The van der Waals surface area contributed by atoms with Crippen molar-refractivity contribution >= 4 is 23.8 Å². The Hall–Kier alpha value is -2.90.